The van der Waals surface area contributed by atoms with Gasteiger partial charge in [-0.1, -0.05) is 37.5 Å². The maximum absolute atomic E-state index is 10.0. The van der Waals surface area contributed by atoms with Crippen molar-refractivity contribution >= 4 is 0 Å². The Morgan fingerprint density at radius 1 is 1.22 bits per heavy atom. The van der Waals surface area contributed by atoms with Crippen LogP contribution in [-0.2, 0) is 6.54 Å². The highest BCUT2D eigenvalue weighted by molar-refractivity contribution is 5.37. The molecule has 2 unspecified atom stereocenters. The van der Waals surface area contributed by atoms with Crippen LogP contribution in [0.5, 0.6) is 0 Å². The smallest absolute Gasteiger partial charge is 0.0995 e. The van der Waals surface area contributed by atoms with Gasteiger partial charge in [-0.15, -0.1) is 0 Å². The molecular formula is C15H20N2O. The first-order chi connectivity index (χ1) is 8.81. The molecule has 1 fully saturated rings. The molecule has 0 heterocycles. The monoisotopic (exact) mass is 244 g/mol. The number of hydrogen-bond acceptors (Lipinski definition) is 3. The minimum atomic E-state index is -0.248. The molecule has 0 spiro atoms. The summed E-state index contributed by atoms with van der Waals surface area (Å²) in [6, 6.07) is 9.99. The Morgan fingerprint density at radius 2 is 2.00 bits per heavy atom. The topological polar surface area (TPSA) is 56.0 Å². The number of nitriles is 1. The average Bonchev–Trinajstić information content (AvgIpc) is 2.61. The van der Waals surface area contributed by atoms with Crippen molar-refractivity contribution in [1.82, 2.24) is 5.32 Å². The largest absolute Gasteiger partial charge is 0.392 e. The van der Waals surface area contributed by atoms with E-state index in [0.29, 0.717) is 12.1 Å². The lowest BCUT2D eigenvalue weighted by Crippen LogP contribution is -2.38. The summed E-state index contributed by atoms with van der Waals surface area (Å²) in [4.78, 5) is 0. The number of aliphatic hydroxyl groups is 1. The van der Waals surface area contributed by atoms with Gasteiger partial charge >= 0.3 is 0 Å². The minimum Gasteiger partial charge on any atom is -0.392 e. The van der Waals surface area contributed by atoms with Crippen LogP contribution in [0.4, 0.5) is 0 Å². The average molecular weight is 244 g/mol. The zero-order chi connectivity index (χ0) is 12.8. The Morgan fingerprint density at radius 3 is 2.83 bits per heavy atom. The van der Waals surface area contributed by atoms with E-state index in [-0.39, 0.29) is 12.1 Å². The van der Waals surface area contributed by atoms with Gasteiger partial charge < -0.3 is 10.4 Å². The van der Waals surface area contributed by atoms with Crippen LogP contribution in [0.15, 0.2) is 24.3 Å². The fourth-order valence-electron chi connectivity index (χ4n) is 2.55. The second-order valence-electron chi connectivity index (χ2n) is 4.96. The van der Waals surface area contributed by atoms with Crippen molar-refractivity contribution in [3.8, 4) is 6.07 Å². The van der Waals surface area contributed by atoms with Crippen LogP contribution in [0.1, 0.15) is 43.2 Å². The Labute approximate surface area is 108 Å². The Hall–Kier alpha value is -1.37. The van der Waals surface area contributed by atoms with Crippen LogP contribution in [0.2, 0.25) is 0 Å². The van der Waals surface area contributed by atoms with E-state index in [0.717, 1.165) is 24.8 Å². The molecule has 2 N–H and O–H groups in total. The summed E-state index contributed by atoms with van der Waals surface area (Å²) in [6.07, 6.45) is 5.17. The lowest BCUT2D eigenvalue weighted by Gasteiger charge is -2.22. The summed E-state index contributed by atoms with van der Waals surface area (Å²) in [7, 11) is 0. The van der Waals surface area contributed by atoms with Crippen molar-refractivity contribution in [2.24, 2.45) is 0 Å². The number of nitrogens with zero attached hydrogens (tertiary/aromatic N) is 1. The van der Waals surface area contributed by atoms with Crippen LogP contribution in [0.3, 0.4) is 0 Å². The molecule has 1 saturated carbocycles. The van der Waals surface area contributed by atoms with Crippen molar-refractivity contribution in [3.63, 3.8) is 0 Å². The van der Waals surface area contributed by atoms with Gasteiger partial charge in [-0.2, -0.15) is 5.26 Å². The number of benzene rings is 1. The highest BCUT2D eigenvalue weighted by atomic mass is 16.3. The van der Waals surface area contributed by atoms with Crippen LogP contribution < -0.4 is 5.32 Å². The summed E-state index contributed by atoms with van der Waals surface area (Å²) in [5.74, 6) is 0. The van der Waals surface area contributed by atoms with Crippen LogP contribution in [0, 0.1) is 11.3 Å². The molecule has 3 heteroatoms. The van der Waals surface area contributed by atoms with Gasteiger partial charge in [-0.05, 0) is 24.5 Å². The molecule has 0 amide bonds. The van der Waals surface area contributed by atoms with Gasteiger partial charge in [0, 0.05) is 12.6 Å². The molecule has 96 valence electrons. The Bertz CT molecular complexity index is 425. The minimum absolute atomic E-state index is 0.166. The standard InChI is InChI=1S/C15H20N2O/c16-10-12-6-4-5-7-13(12)11-17-14-8-2-1-3-9-15(14)18/h4-7,14-15,17-18H,1-3,8-9,11H2. The molecule has 2 atom stereocenters. The molecule has 18 heavy (non-hydrogen) atoms. The number of hydrogen-bond donors (Lipinski definition) is 2. The zero-order valence-corrected chi connectivity index (χ0v) is 10.6. The second-order valence-corrected chi connectivity index (χ2v) is 4.96. The van der Waals surface area contributed by atoms with E-state index in [2.05, 4.69) is 11.4 Å². The quantitative estimate of drug-likeness (QED) is 0.802. The molecule has 0 radical (unpaired) electrons. The summed E-state index contributed by atoms with van der Waals surface area (Å²) in [6.45, 7) is 0.658. The maximum atomic E-state index is 10.0. The van der Waals surface area contributed by atoms with Gasteiger partial charge in [0.15, 0.2) is 0 Å². The molecule has 1 aromatic rings. The van der Waals surface area contributed by atoms with Gasteiger partial charge in [0.1, 0.15) is 0 Å². The normalized spacial score (nSPS) is 24.2. The Balaban J connectivity index is 1.96. The van der Waals surface area contributed by atoms with Gasteiger partial charge in [-0.25, -0.2) is 0 Å². The highest BCUT2D eigenvalue weighted by Crippen LogP contribution is 2.18. The van der Waals surface area contributed by atoms with E-state index in [9.17, 15) is 5.11 Å². The molecule has 1 aliphatic rings. The zero-order valence-electron chi connectivity index (χ0n) is 10.6. The third-order valence-electron chi connectivity index (χ3n) is 3.67. The van der Waals surface area contributed by atoms with Crippen LogP contribution in [-0.4, -0.2) is 17.3 Å². The van der Waals surface area contributed by atoms with Gasteiger partial charge in [0.2, 0.25) is 0 Å². The summed E-state index contributed by atoms with van der Waals surface area (Å²) >= 11 is 0. The SMILES string of the molecule is N#Cc1ccccc1CNC1CCCCCC1O. The van der Waals surface area contributed by atoms with E-state index in [4.69, 9.17) is 5.26 Å². The van der Waals surface area contributed by atoms with Gasteiger partial charge in [-0.3, -0.25) is 0 Å². The third kappa shape index (κ3) is 3.32. The van der Waals surface area contributed by atoms with Crippen molar-refractivity contribution in [3.05, 3.63) is 35.4 Å². The molecule has 2 rings (SSSR count). The van der Waals surface area contributed by atoms with Crippen molar-refractivity contribution < 1.29 is 5.11 Å². The summed E-state index contributed by atoms with van der Waals surface area (Å²) in [5.41, 5.74) is 1.73. The molecule has 0 bridgehead atoms. The first kappa shape index (κ1) is 13.1. The molecule has 0 aliphatic heterocycles. The first-order valence-electron chi connectivity index (χ1n) is 6.70. The first-order valence-corrected chi connectivity index (χ1v) is 6.70. The number of aliphatic hydroxyl groups excluding tert-OH is 1. The number of nitrogens with one attached hydrogen (secondary N) is 1. The maximum Gasteiger partial charge on any atom is 0.0995 e. The predicted molar refractivity (Wildman–Crippen MR) is 70.9 cm³/mol. The van der Waals surface area contributed by atoms with E-state index in [1.165, 1.54) is 12.8 Å². The summed E-state index contributed by atoms with van der Waals surface area (Å²) < 4.78 is 0. The lowest BCUT2D eigenvalue weighted by atomic mass is 10.0. The van der Waals surface area contributed by atoms with Crippen molar-refractivity contribution in [2.75, 3.05) is 0 Å². The van der Waals surface area contributed by atoms with Gasteiger partial charge in [0.05, 0.1) is 17.7 Å². The molecule has 1 aromatic carbocycles. The molecule has 0 saturated heterocycles. The fourth-order valence-corrected chi connectivity index (χ4v) is 2.55. The lowest BCUT2D eigenvalue weighted by molar-refractivity contribution is 0.119. The number of rotatable bonds is 3. The van der Waals surface area contributed by atoms with E-state index < -0.39 is 0 Å². The van der Waals surface area contributed by atoms with Gasteiger partial charge in [0.25, 0.3) is 0 Å². The van der Waals surface area contributed by atoms with Crippen LogP contribution in [0.25, 0.3) is 0 Å². The van der Waals surface area contributed by atoms with E-state index >= 15 is 0 Å². The molecule has 0 aromatic heterocycles. The Kier molecular flexibility index (Phi) is 4.74. The molecule has 3 nitrogen and oxygen atoms in total. The predicted octanol–water partition coefficient (Wildman–Crippen LogP) is 2.34. The van der Waals surface area contributed by atoms with E-state index in [1.807, 2.05) is 24.3 Å². The van der Waals surface area contributed by atoms with Crippen molar-refractivity contribution in [1.29, 1.82) is 5.26 Å². The fraction of sp³-hybridized carbons (Fsp3) is 0.533. The van der Waals surface area contributed by atoms with Crippen LogP contribution >= 0.6 is 0 Å². The summed E-state index contributed by atoms with van der Waals surface area (Å²) in [5, 5.41) is 22.5. The highest BCUT2D eigenvalue weighted by Gasteiger charge is 2.20. The van der Waals surface area contributed by atoms with Crippen molar-refractivity contribution in [2.45, 2.75) is 50.8 Å². The second kappa shape index (κ2) is 6.53. The third-order valence-corrected chi connectivity index (χ3v) is 3.67. The molecule has 1 aliphatic carbocycles. The molecular weight excluding hydrogens is 224 g/mol. The van der Waals surface area contributed by atoms with E-state index in [1.54, 1.807) is 0 Å².